The maximum Gasteiger partial charge on any atom is 0.135 e. The molecule has 1 rings (SSSR count). The zero-order valence-electron chi connectivity index (χ0n) is 9.46. The highest BCUT2D eigenvalue weighted by molar-refractivity contribution is 5.31. The summed E-state index contributed by atoms with van der Waals surface area (Å²) in [7, 11) is 1.33. The number of methoxy groups -OCH3 is 1. The smallest absolute Gasteiger partial charge is 0.135 e. The lowest BCUT2D eigenvalue weighted by molar-refractivity contribution is 0.154. The van der Waals surface area contributed by atoms with Gasteiger partial charge in [0.2, 0.25) is 0 Å². The summed E-state index contributed by atoms with van der Waals surface area (Å²) in [6, 6.07) is 2.15. The molecule has 0 amide bonds. The predicted molar refractivity (Wildman–Crippen MR) is 57.4 cm³/mol. The number of halogens is 2. The molecule has 0 saturated heterocycles. The third-order valence-electron chi connectivity index (χ3n) is 2.45. The molecule has 0 bridgehead atoms. The van der Waals surface area contributed by atoms with Gasteiger partial charge in [-0.15, -0.1) is 0 Å². The second-order valence-electron chi connectivity index (χ2n) is 3.66. The van der Waals surface area contributed by atoms with Crippen molar-refractivity contribution < 1.29 is 18.6 Å². The van der Waals surface area contributed by atoms with Gasteiger partial charge in [-0.1, -0.05) is 19.8 Å². The summed E-state index contributed by atoms with van der Waals surface area (Å²) in [6.07, 6.45) is 0.866. The van der Waals surface area contributed by atoms with Crippen LogP contribution < -0.4 is 4.74 Å². The second kappa shape index (κ2) is 5.80. The first-order valence-electron chi connectivity index (χ1n) is 5.31. The maximum atomic E-state index is 13.5. The molecule has 0 aliphatic rings. The van der Waals surface area contributed by atoms with Crippen LogP contribution in [0.4, 0.5) is 8.78 Å². The molecule has 1 unspecified atom stereocenters. The van der Waals surface area contributed by atoms with Crippen LogP contribution >= 0.6 is 0 Å². The van der Waals surface area contributed by atoms with E-state index in [9.17, 15) is 13.9 Å². The van der Waals surface area contributed by atoms with Crippen molar-refractivity contribution in [1.82, 2.24) is 0 Å². The minimum Gasteiger partial charge on any atom is -0.497 e. The Morgan fingerprint density at radius 3 is 2.31 bits per heavy atom. The van der Waals surface area contributed by atoms with Crippen molar-refractivity contribution in [3.63, 3.8) is 0 Å². The highest BCUT2D eigenvalue weighted by atomic mass is 19.1. The minimum atomic E-state index is -1.09. The number of unbranched alkanes of at least 4 members (excludes halogenated alkanes) is 1. The third kappa shape index (κ3) is 2.92. The number of hydrogen-bond acceptors (Lipinski definition) is 2. The molecule has 90 valence electrons. The van der Waals surface area contributed by atoms with Gasteiger partial charge in [-0.25, -0.2) is 8.78 Å². The van der Waals surface area contributed by atoms with Gasteiger partial charge in [0.1, 0.15) is 17.4 Å². The molecule has 0 heterocycles. The lowest BCUT2D eigenvalue weighted by Gasteiger charge is -2.13. The van der Waals surface area contributed by atoms with E-state index in [1.165, 1.54) is 7.11 Å². The van der Waals surface area contributed by atoms with Crippen LogP contribution in [0.2, 0.25) is 0 Å². The lowest BCUT2D eigenvalue weighted by Crippen LogP contribution is -2.05. The number of benzene rings is 1. The summed E-state index contributed by atoms with van der Waals surface area (Å²) in [5, 5.41) is 9.66. The van der Waals surface area contributed by atoms with E-state index in [1.807, 2.05) is 6.92 Å². The molecule has 1 atom stereocenters. The Balaban J connectivity index is 2.95. The van der Waals surface area contributed by atoms with Crippen molar-refractivity contribution in [2.24, 2.45) is 0 Å². The molecule has 0 aliphatic heterocycles. The van der Waals surface area contributed by atoms with Gasteiger partial charge in [0.25, 0.3) is 0 Å². The van der Waals surface area contributed by atoms with Crippen LogP contribution in [0.3, 0.4) is 0 Å². The Morgan fingerprint density at radius 2 is 1.88 bits per heavy atom. The van der Waals surface area contributed by atoms with Crippen LogP contribution in [-0.4, -0.2) is 12.2 Å². The molecule has 0 aromatic heterocycles. The van der Waals surface area contributed by atoms with Crippen LogP contribution in [0.5, 0.6) is 5.75 Å². The monoisotopic (exact) mass is 230 g/mol. The van der Waals surface area contributed by atoms with Crippen LogP contribution in [0, 0.1) is 11.6 Å². The third-order valence-corrected chi connectivity index (χ3v) is 2.45. The quantitative estimate of drug-likeness (QED) is 0.841. The Kier molecular flexibility index (Phi) is 4.68. The van der Waals surface area contributed by atoms with Crippen molar-refractivity contribution in [2.45, 2.75) is 32.3 Å². The molecule has 0 saturated carbocycles. The van der Waals surface area contributed by atoms with Gasteiger partial charge in [0.15, 0.2) is 0 Å². The molecule has 4 heteroatoms. The van der Waals surface area contributed by atoms with Crippen molar-refractivity contribution in [3.05, 3.63) is 29.3 Å². The van der Waals surface area contributed by atoms with Gasteiger partial charge in [-0.3, -0.25) is 0 Å². The number of ether oxygens (including phenoxy) is 1. The normalized spacial score (nSPS) is 12.6. The first-order valence-corrected chi connectivity index (χ1v) is 5.31. The van der Waals surface area contributed by atoms with Gasteiger partial charge in [-0.05, 0) is 6.42 Å². The summed E-state index contributed by atoms with van der Waals surface area (Å²) < 4.78 is 31.7. The summed E-state index contributed by atoms with van der Waals surface area (Å²) in [4.78, 5) is 0. The molecule has 2 nitrogen and oxygen atoms in total. The number of hydrogen-bond donors (Lipinski definition) is 1. The topological polar surface area (TPSA) is 29.5 Å². The number of rotatable bonds is 5. The maximum absolute atomic E-state index is 13.5. The van der Waals surface area contributed by atoms with Gasteiger partial charge in [0.05, 0.1) is 18.8 Å². The molecular formula is C12H16F2O2. The highest BCUT2D eigenvalue weighted by Gasteiger charge is 2.18. The second-order valence-corrected chi connectivity index (χ2v) is 3.66. The Labute approximate surface area is 93.9 Å². The zero-order chi connectivity index (χ0) is 12.1. The van der Waals surface area contributed by atoms with E-state index in [0.29, 0.717) is 6.42 Å². The van der Waals surface area contributed by atoms with E-state index in [2.05, 4.69) is 0 Å². The molecule has 0 fully saturated rings. The summed E-state index contributed by atoms with van der Waals surface area (Å²) in [5.41, 5.74) is -0.269. The van der Waals surface area contributed by atoms with Crippen LogP contribution in [0.1, 0.15) is 37.9 Å². The number of aliphatic hydroxyl groups excluding tert-OH is 1. The van der Waals surface area contributed by atoms with E-state index in [0.717, 1.165) is 25.0 Å². The molecule has 0 radical (unpaired) electrons. The fourth-order valence-corrected chi connectivity index (χ4v) is 1.54. The fourth-order valence-electron chi connectivity index (χ4n) is 1.54. The Morgan fingerprint density at radius 1 is 1.31 bits per heavy atom. The first kappa shape index (κ1) is 12.9. The largest absolute Gasteiger partial charge is 0.497 e. The number of aliphatic hydroxyl groups is 1. The lowest BCUT2D eigenvalue weighted by atomic mass is 10.0. The van der Waals surface area contributed by atoms with Crippen molar-refractivity contribution >= 4 is 0 Å². The molecule has 1 aromatic carbocycles. The standard InChI is InChI=1S/C12H16F2O2/c1-3-4-5-11(15)12-9(13)6-8(16-2)7-10(12)14/h6-7,11,15H,3-5H2,1-2H3. The Bertz CT molecular complexity index is 330. The average molecular weight is 230 g/mol. The van der Waals surface area contributed by atoms with Gasteiger partial charge < -0.3 is 9.84 Å². The molecular weight excluding hydrogens is 214 g/mol. The Hall–Kier alpha value is -1.16. The molecule has 16 heavy (non-hydrogen) atoms. The first-order chi connectivity index (χ1) is 7.60. The predicted octanol–water partition coefficient (Wildman–Crippen LogP) is 3.20. The van der Waals surface area contributed by atoms with Crippen LogP contribution in [-0.2, 0) is 0 Å². The van der Waals surface area contributed by atoms with E-state index in [1.54, 1.807) is 0 Å². The van der Waals surface area contributed by atoms with E-state index >= 15 is 0 Å². The zero-order valence-corrected chi connectivity index (χ0v) is 9.46. The van der Waals surface area contributed by atoms with Crippen LogP contribution in [0.25, 0.3) is 0 Å². The summed E-state index contributed by atoms with van der Waals surface area (Å²) in [5.74, 6) is -1.41. The van der Waals surface area contributed by atoms with E-state index in [-0.39, 0.29) is 11.3 Å². The van der Waals surface area contributed by atoms with Gasteiger partial charge in [0, 0.05) is 12.1 Å². The highest BCUT2D eigenvalue weighted by Crippen LogP contribution is 2.28. The minimum absolute atomic E-state index is 0.112. The molecule has 1 aromatic rings. The van der Waals surface area contributed by atoms with Crippen molar-refractivity contribution in [3.8, 4) is 5.75 Å². The van der Waals surface area contributed by atoms with E-state index in [4.69, 9.17) is 4.74 Å². The van der Waals surface area contributed by atoms with Gasteiger partial charge in [-0.2, -0.15) is 0 Å². The molecule has 1 N–H and O–H groups in total. The van der Waals surface area contributed by atoms with Crippen LogP contribution in [0.15, 0.2) is 12.1 Å². The molecule has 0 aliphatic carbocycles. The summed E-state index contributed by atoms with van der Waals surface area (Å²) >= 11 is 0. The van der Waals surface area contributed by atoms with Gasteiger partial charge >= 0.3 is 0 Å². The SMILES string of the molecule is CCCCC(O)c1c(F)cc(OC)cc1F. The average Bonchev–Trinajstić information content (AvgIpc) is 2.25. The fraction of sp³-hybridized carbons (Fsp3) is 0.500. The van der Waals surface area contributed by atoms with Crippen molar-refractivity contribution in [2.75, 3.05) is 7.11 Å². The van der Waals surface area contributed by atoms with E-state index < -0.39 is 17.7 Å². The molecule has 0 spiro atoms. The van der Waals surface area contributed by atoms with Crippen molar-refractivity contribution in [1.29, 1.82) is 0 Å². The summed E-state index contributed by atoms with van der Waals surface area (Å²) in [6.45, 7) is 1.95.